The number of benzene rings is 1. The van der Waals surface area contributed by atoms with Crippen molar-refractivity contribution in [1.82, 2.24) is 30.0 Å². The fourth-order valence-electron chi connectivity index (χ4n) is 1.79. The summed E-state index contributed by atoms with van der Waals surface area (Å²) < 4.78 is 2.99. The van der Waals surface area contributed by atoms with Gasteiger partial charge in [-0.05, 0) is 28.6 Å². The number of aryl methyl sites for hydroxylation is 1. The van der Waals surface area contributed by atoms with Crippen molar-refractivity contribution in [3.8, 4) is 5.69 Å². The van der Waals surface area contributed by atoms with E-state index in [4.69, 9.17) is 11.6 Å². The number of hydrogen-bond acceptors (Lipinski definition) is 5. The lowest BCUT2D eigenvalue weighted by molar-refractivity contribution is 0.102. The normalized spacial score (nSPS) is 10.6. The smallest absolute Gasteiger partial charge is 0.255 e. The van der Waals surface area contributed by atoms with Gasteiger partial charge in [0.2, 0.25) is 0 Å². The molecule has 8 nitrogen and oxygen atoms in total. The number of carbonyl (C=O) groups excluding carboxylic acids is 1. The molecule has 2 aromatic heterocycles. The van der Waals surface area contributed by atoms with Crippen molar-refractivity contribution < 1.29 is 4.79 Å². The Morgan fingerprint density at radius 3 is 2.90 bits per heavy atom. The largest absolute Gasteiger partial charge is 0.319 e. The second-order valence-electron chi connectivity index (χ2n) is 4.28. The van der Waals surface area contributed by atoms with Gasteiger partial charge in [0.05, 0.1) is 22.6 Å². The average Bonchev–Trinajstić information content (AvgIpc) is 3.11. The van der Waals surface area contributed by atoms with Gasteiger partial charge >= 0.3 is 0 Å². The molecule has 0 spiro atoms. The summed E-state index contributed by atoms with van der Waals surface area (Å²) >= 11 is 6.09. The summed E-state index contributed by atoms with van der Waals surface area (Å²) in [5, 5.41) is 18.0. The van der Waals surface area contributed by atoms with Gasteiger partial charge in [0, 0.05) is 18.8 Å². The highest BCUT2D eigenvalue weighted by Crippen LogP contribution is 2.21. The molecule has 0 radical (unpaired) electrons. The first-order chi connectivity index (χ1) is 10.1. The van der Waals surface area contributed by atoms with Crippen LogP contribution in [0.3, 0.4) is 0 Å². The van der Waals surface area contributed by atoms with E-state index in [9.17, 15) is 4.79 Å². The number of amides is 1. The molecule has 1 N–H and O–H groups in total. The molecule has 0 unspecified atom stereocenters. The lowest BCUT2D eigenvalue weighted by atomic mass is 10.2. The van der Waals surface area contributed by atoms with Crippen molar-refractivity contribution in [3.63, 3.8) is 0 Å². The minimum atomic E-state index is -0.269. The Bertz CT molecular complexity index is 781. The van der Waals surface area contributed by atoms with Gasteiger partial charge < -0.3 is 5.32 Å². The van der Waals surface area contributed by atoms with Gasteiger partial charge in [-0.3, -0.25) is 9.48 Å². The molecule has 106 valence electrons. The van der Waals surface area contributed by atoms with Crippen molar-refractivity contribution in [1.29, 1.82) is 0 Å². The van der Waals surface area contributed by atoms with Crippen LogP contribution < -0.4 is 5.32 Å². The van der Waals surface area contributed by atoms with Crippen LogP contribution in [0.15, 0.2) is 36.9 Å². The quantitative estimate of drug-likeness (QED) is 0.787. The van der Waals surface area contributed by atoms with E-state index in [2.05, 4.69) is 25.9 Å². The maximum Gasteiger partial charge on any atom is 0.255 e. The summed E-state index contributed by atoms with van der Waals surface area (Å²) in [4.78, 5) is 12.2. The minimum Gasteiger partial charge on any atom is -0.319 e. The molecular weight excluding hydrogens is 294 g/mol. The predicted molar refractivity (Wildman–Crippen MR) is 75.3 cm³/mol. The molecule has 21 heavy (non-hydrogen) atoms. The topological polar surface area (TPSA) is 90.5 Å². The number of anilines is 1. The number of hydrogen-bond donors (Lipinski definition) is 1. The molecular formula is C12H10ClN7O. The number of carbonyl (C=O) groups is 1. The molecule has 0 aliphatic heterocycles. The van der Waals surface area contributed by atoms with E-state index in [1.807, 2.05) is 0 Å². The Labute approximate surface area is 124 Å². The van der Waals surface area contributed by atoms with Gasteiger partial charge in [-0.2, -0.15) is 9.78 Å². The molecule has 1 amide bonds. The van der Waals surface area contributed by atoms with Crippen molar-refractivity contribution in [2.45, 2.75) is 0 Å². The molecule has 3 rings (SSSR count). The van der Waals surface area contributed by atoms with Crippen LogP contribution in [0.4, 0.5) is 5.69 Å². The first kappa shape index (κ1) is 13.3. The maximum absolute atomic E-state index is 12.2. The molecule has 2 heterocycles. The Kier molecular flexibility index (Phi) is 3.36. The van der Waals surface area contributed by atoms with Gasteiger partial charge in [-0.25, -0.2) is 0 Å². The van der Waals surface area contributed by atoms with Gasteiger partial charge in [0.1, 0.15) is 6.33 Å². The zero-order valence-electron chi connectivity index (χ0n) is 10.9. The Balaban J connectivity index is 1.89. The third-order valence-corrected chi connectivity index (χ3v) is 3.09. The second-order valence-corrected chi connectivity index (χ2v) is 4.68. The van der Waals surface area contributed by atoms with E-state index in [1.165, 1.54) is 11.0 Å². The van der Waals surface area contributed by atoms with Crippen LogP contribution in [-0.2, 0) is 7.05 Å². The minimum absolute atomic E-state index is 0.269. The van der Waals surface area contributed by atoms with Gasteiger partial charge in [0.15, 0.2) is 0 Å². The fourth-order valence-corrected chi connectivity index (χ4v) is 1.99. The van der Waals surface area contributed by atoms with Gasteiger partial charge in [0.25, 0.3) is 5.91 Å². The molecule has 1 aromatic carbocycles. The molecule has 3 aromatic rings. The van der Waals surface area contributed by atoms with E-state index in [1.54, 1.807) is 42.3 Å². The zero-order valence-corrected chi connectivity index (χ0v) is 11.7. The summed E-state index contributed by atoms with van der Waals surface area (Å²) in [5.41, 5.74) is 1.58. The first-order valence-electron chi connectivity index (χ1n) is 5.96. The van der Waals surface area contributed by atoms with Crippen LogP contribution in [0.5, 0.6) is 0 Å². The number of halogens is 1. The summed E-state index contributed by atoms with van der Waals surface area (Å²) in [6.45, 7) is 0. The summed E-state index contributed by atoms with van der Waals surface area (Å²) in [7, 11) is 1.77. The Morgan fingerprint density at radius 2 is 2.24 bits per heavy atom. The van der Waals surface area contributed by atoms with Crippen LogP contribution in [0.25, 0.3) is 5.69 Å². The summed E-state index contributed by atoms with van der Waals surface area (Å²) in [6, 6.07) is 4.86. The third kappa shape index (κ3) is 2.75. The molecule has 0 aliphatic carbocycles. The van der Waals surface area contributed by atoms with Crippen LogP contribution in [-0.4, -0.2) is 35.9 Å². The monoisotopic (exact) mass is 303 g/mol. The lowest BCUT2D eigenvalue weighted by Gasteiger charge is -2.06. The Morgan fingerprint density at radius 1 is 1.38 bits per heavy atom. The number of aromatic nitrogens is 6. The average molecular weight is 304 g/mol. The second kappa shape index (κ2) is 5.33. The lowest BCUT2D eigenvalue weighted by Crippen LogP contribution is -2.12. The molecule has 0 aliphatic rings. The molecule has 0 saturated carbocycles. The van der Waals surface area contributed by atoms with Gasteiger partial charge in [-0.1, -0.05) is 11.6 Å². The number of nitrogens with zero attached hydrogens (tertiary/aromatic N) is 6. The van der Waals surface area contributed by atoms with Crippen molar-refractivity contribution >= 4 is 23.2 Å². The Hall–Kier alpha value is -2.74. The summed E-state index contributed by atoms with van der Waals surface area (Å²) in [6.07, 6.45) is 4.68. The highest BCUT2D eigenvalue weighted by Gasteiger charge is 2.12. The van der Waals surface area contributed by atoms with E-state index in [0.29, 0.717) is 22.0 Å². The SMILES string of the molecule is Cn1cc(NC(=O)c2ccc(Cl)c(-n3cnnn3)c2)cn1. The number of tetrazole rings is 1. The van der Waals surface area contributed by atoms with E-state index in [0.717, 1.165) is 0 Å². The van der Waals surface area contributed by atoms with E-state index < -0.39 is 0 Å². The van der Waals surface area contributed by atoms with Crippen molar-refractivity contribution in [2.24, 2.45) is 7.05 Å². The highest BCUT2D eigenvalue weighted by molar-refractivity contribution is 6.32. The fraction of sp³-hybridized carbons (Fsp3) is 0.0833. The predicted octanol–water partition coefficient (Wildman–Crippen LogP) is 1.30. The molecule has 0 atom stereocenters. The summed E-state index contributed by atoms with van der Waals surface area (Å²) in [5.74, 6) is -0.269. The number of nitrogens with one attached hydrogen (secondary N) is 1. The van der Waals surface area contributed by atoms with Crippen LogP contribution in [0.1, 0.15) is 10.4 Å². The zero-order chi connectivity index (χ0) is 14.8. The first-order valence-corrected chi connectivity index (χ1v) is 6.34. The molecule has 9 heteroatoms. The van der Waals surface area contributed by atoms with Crippen molar-refractivity contribution in [2.75, 3.05) is 5.32 Å². The molecule has 0 fully saturated rings. The van der Waals surface area contributed by atoms with Crippen molar-refractivity contribution in [3.05, 3.63) is 47.5 Å². The molecule has 0 saturated heterocycles. The van der Waals surface area contributed by atoms with Gasteiger partial charge in [-0.15, -0.1) is 5.10 Å². The van der Waals surface area contributed by atoms with Crippen LogP contribution in [0, 0.1) is 0 Å². The number of rotatable bonds is 3. The maximum atomic E-state index is 12.2. The standard InChI is InChI=1S/C12H10ClN7O/c1-19-6-9(5-15-19)16-12(21)8-2-3-10(13)11(4-8)20-7-14-17-18-20/h2-7H,1H3,(H,16,21). The van der Waals surface area contributed by atoms with Crippen LogP contribution >= 0.6 is 11.6 Å². The van der Waals surface area contributed by atoms with E-state index >= 15 is 0 Å². The third-order valence-electron chi connectivity index (χ3n) is 2.77. The highest BCUT2D eigenvalue weighted by atomic mass is 35.5. The van der Waals surface area contributed by atoms with E-state index in [-0.39, 0.29) is 5.91 Å². The van der Waals surface area contributed by atoms with Crippen LogP contribution in [0.2, 0.25) is 5.02 Å². The molecule has 0 bridgehead atoms.